The van der Waals surface area contributed by atoms with Crippen molar-refractivity contribution in [3.05, 3.63) is 45.0 Å². The molecule has 0 heterocycles. The summed E-state index contributed by atoms with van der Waals surface area (Å²) in [5.74, 6) is -1.02. The highest BCUT2D eigenvalue weighted by Crippen LogP contribution is 2.26. The van der Waals surface area contributed by atoms with Crippen LogP contribution in [0.25, 0.3) is 0 Å². The van der Waals surface area contributed by atoms with Crippen molar-refractivity contribution < 1.29 is 19.6 Å². The Balaban J connectivity index is 2.96. The number of esters is 1. The number of nitro groups is 1. The van der Waals surface area contributed by atoms with Crippen LogP contribution in [-0.2, 0) is 16.0 Å². The number of hydrogen-bond donors (Lipinski definition) is 1. The van der Waals surface area contributed by atoms with Gasteiger partial charge in [0.2, 0.25) is 12.1 Å². The Kier molecular flexibility index (Phi) is 6.77. The summed E-state index contributed by atoms with van der Waals surface area (Å²) >= 11 is 8.98. The lowest BCUT2D eigenvalue weighted by Crippen LogP contribution is -2.54. The van der Waals surface area contributed by atoms with Gasteiger partial charge in [0.1, 0.15) is 0 Å². The van der Waals surface area contributed by atoms with Gasteiger partial charge in [0.25, 0.3) is 0 Å². The van der Waals surface area contributed by atoms with Crippen LogP contribution in [0.5, 0.6) is 0 Å². The van der Waals surface area contributed by atoms with E-state index in [2.05, 4.69) is 15.9 Å². The topological polar surface area (TPSA) is 89.7 Å². The molecule has 0 amide bonds. The predicted octanol–water partition coefficient (Wildman–Crippen LogP) is 2.61. The van der Waals surface area contributed by atoms with Gasteiger partial charge in [-0.05, 0) is 38.0 Å². The normalized spacial score (nSPS) is 15.2. The fraction of sp³-hybridized carbons (Fsp3) is 0.500. The van der Waals surface area contributed by atoms with E-state index in [-0.39, 0.29) is 6.42 Å². The van der Waals surface area contributed by atoms with Gasteiger partial charge in [-0.3, -0.25) is 10.1 Å². The van der Waals surface area contributed by atoms with Crippen molar-refractivity contribution in [2.24, 2.45) is 0 Å². The van der Waals surface area contributed by atoms with Crippen molar-refractivity contribution in [2.45, 2.75) is 36.8 Å². The molecular weight excluding hydrogens is 378 g/mol. The largest absolute Gasteiger partial charge is 0.461 e. The molecule has 122 valence electrons. The summed E-state index contributed by atoms with van der Waals surface area (Å²) in [4.78, 5) is 21.3. The van der Waals surface area contributed by atoms with Gasteiger partial charge in [-0.15, -0.1) is 0 Å². The van der Waals surface area contributed by atoms with Crippen molar-refractivity contribution in [3.63, 3.8) is 0 Å². The summed E-state index contributed by atoms with van der Waals surface area (Å²) in [7, 11) is 0. The van der Waals surface area contributed by atoms with Crippen molar-refractivity contribution >= 4 is 33.5 Å². The van der Waals surface area contributed by atoms with E-state index in [9.17, 15) is 20.0 Å². The van der Waals surface area contributed by atoms with Crippen molar-refractivity contribution in [1.82, 2.24) is 0 Å². The van der Waals surface area contributed by atoms with E-state index < -0.39 is 34.0 Å². The highest BCUT2D eigenvalue weighted by atomic mass is 79.9. The zero-order valence-corrected chi connectivity index (χ0v) is 14.5. The molecule has 0 aliphatic heterocycles. The van der Waals surface area contributed by atoms with Gasteiger partial charge in [0.05, 0.1) is 10.9 Å². The molecule has 1 aromatic rings. The number of carbonyl (C=O) groups is 1. The van der Waals surface area contributed by atoms with Crippen molar-refractivity contribution in [3.8, 4) is 0 Å². The first-order valence-electron chi connectivity index (χ1n) is 6.59. The maximum absolute atomic E-state index is 12.1. The average molecular weight is 395 g/mol. The van der Waals surface area contributed by atoms with Gasteiger partial charge in [-0.1, -0.05) is 39.7 Å². The third-order valence-electron chi connectivity index (χ3n) is 2.91. The zero-order chi connectivity index (χ0) is 16.9. The van der Waals surface area contributed by atoms with Crippen LogP contribution in [0, 0.1) is 10.1 Å². The molecule has 0 bridgehead atoms. The quantitative estimate of drug-likeness (QED) is 0.332. The lowest BCUT2D eigenvalue weighted by molar-refractivity contribution is -0.497. The fourth-order valence-corrected chi connectivity index (χ4v) is 2.63. The molecule has 8 heteroatoms. The summed E-state index contributed by atoms with van der Waals surface area (Å²) in [6, 6.07) is 6.76. The first kappa shape index (κ1) is 18.9. The standard InChI is InChI=1S/C14H17BrClNO5/c1-9(2)22-13(18)14(19,8-17(20)21)12(15)7-10-3-5-11(16)6-4-10/h3-6,9,12,19H,7-8H2,1-2H3/t12-,14+/m1/s1. The zero-order valence-electron chi connectivity index (χ0n) is 12.2. The molecule has 0 saturated heterocycles. The van der Waals surface area contributed by atoms with Gasteiger partial charge in [0, 0.05) is 9.95 Å². The number of alkyl halides is 1. The predicted molar refractivity (Wildman–Crippen MR) is 85.9 cm³/mol. The second-order valence-electron chi connectivity index (χ2n) is 5.17. The third kappa shape index (κ3) is 5.23. The molecule has 0 aliphatic rings. The molecule has 22 heavy (non-hydrogen) atoms. The SMILES string of the molecule is CC(C)OC(=O)[C@](O)(C[N+](=O)[O-])[C@H](Br)Cc1ccc(Cl)cc1. The van der Waals surface area contributed by atoms with Gasteiger partial charge in [-0.25, -0.2) is 4.79 Å². The Labute approximate surface area is 141 Å². The Morgan fingerprint density at radius 3 is 2.45 bits per heavy atom. The first-order valence-corrected chi connectivity index (χ1v) is 7.88. The minimum Gasteiger partial charge on any atom is -0.461 e. The second-order valence-corrected chi connectivity index (χ2v) is 6.71. The maximum atomic E-state index is 12.1. The number of nitrogens with zero attached hydrogens (tertiary/aromatic N) is 1. The Morgan fingerprint density at radius 2 is 2.00 bits per heavy atom. The van der Waals surface area contributed by atoms with Gasteiger partial charge in [0.15, 0.2) is 0 Å². The minimum absolute atomic E-state index is 0.203. The Morgan fingerprint density at radius 1 is 1.45 bits per heavy atom. The number of rotatable bonds is 7. The number of hydrogen-bond acceptors (Lipinski definition) is 5. The fourth-order valence-electron chi connectivity index (χ4n) is 1.80. The molecule has 1 rings (SSSR count). The molecule has 1 aromatic carbocycles. The van der Waals surface area contributed by atoms with Crippen LogP contribution in [-0.4, -0.2) is 39.1 Å². The van der Waals surface area contributed by atoms with Crippen LogP contribution in [0.15, 0.2) is 24.3 Å². The van der Waals surface area contributed by atoms with Crippen LogP contribution in [0.3, 0.4) is 0 Å². The van der Waals surface area contributed by atoms with Gasteiger partial charge < -0.3 is 9.84 Å². The average Bonchev–Trinajstić information content (AvgIpc) is 2.39. The molecular formula is C14H17BrClNO5. The molecule has 0 aromatic heterocycles. The van der Waals surface area contributed by atoms with E-state index in [1.807, 2.05) is 0 Å². The Bertz CT molecular complexity index is 537. The Hall–Kier alpha value is -1.18. The molecule has 6 nitrogen and oxygen atoms in total. The monoisotopic (exact) mass is 393 g/mol. The van der Waals surface area contributed by atoms with Crippen LogP contribution < -0.4 is 0 Å². The molecule has 0 unspecified atom stereocenters. The molecule has 2 atom stereocenters. The number of carbonyl (C=O) groups excluding carboxylic acids is 1. The second kappa shape index (κ2) is 7.89. The maximum Gasteiger partial charge on any atom is 0.346 e. The lowest BCUT2D eigenvalue weighted by Gasteiger charge is -2.28. The van der Waals surface area contributed by atoms with Crippen molar-refractivity contribution in [2.75, 3.05) is 6.54 Å². The minimum atomic E-state index is -2.26. The van der Waals surface area contributed by atoms with Gasteiger partial charge >= 0.3 is 5.97 Å². The number of aliphatic hydroxyl groups is 1. The van der Waals surface area contributed by atoms with Gasteiger partial charge in [-0.2, -0.15) is 0 Å². The summed E-state index contributed by atoms with van der Waals surface area (Å²) in [6.07, 6.45) is -0.282. The first-order chi connectivity index (χ1) is 10.1. The van der Waals surface area contributed by atoms with Crippen LogP contribution in [0.4, 0.5) is 0 Å². The van der Waals surface area contributed by atoms with E-state index in [1.165, 1.54) is 0 Å². The summed E-state index contributed by atoms with van der Waals surface area (Å²) in [5.41, 5.74) is -1.49. The summed E-state index contributed by atoms with van der Waals surface area (Å²) in [6.45, 7) is 2.27. The van der Waals surface area contributed by atoms with Crippen LogP contribution in [0.1, 0.15) is 19.4 Å². The number of ether oxygens (including phenoxy) is 1. The summed E-state index contributed by atoms with van der Waals surface area (Å²) < 4.78 is 4.95. The molecule has 0 radical (unpaired) electrons. The van der Waals surface area contributed by atoms with Crippen LogP contribution in [0.2, 0.25) is 5.02 Å². The van der Waals surface area contributed by atoms with Crippen molar-refractivity contribution in [1.29, 1.82) is 0 Å². The number of benzene rings is 1. The smallest absolute Gasteiger partial charge is 0.346 e. The number of halogens is 2. The van der Waals surface area contributed by atoms with E-state index >= 15 is 0 Å². The van der Waals surface area contributed by atoms with E-state index in [4.69, 9.17) is 16.3 Å². The third-order valence-corrected chi connectivity index (χ3v) is 4.25. The summed E-state index contributed by atoms with van der Waals surface area (Å²) in [5, 5.41) is 21.9. The molecule has 0 saturated carbocycles. The lowest BCUT2D eigenvalue weighted by atomic mass is 9.94. The van der Waals surface area contributed by atoms with Crippen LogP contribution >= 0.6 is 27.5 Å². The molecule has 0 spiro atoms. The van der Waals surface area contributed by atoms with E-state index in [0.717, 1.165) is 5.56 Å². The van der Waals surface area contributed by atoms with E-state index in [0.29, 0.717) is 5.02 Å². The molecule has 0 aliphatic carbocycles. The highest BCUT2D eigenvalue weighted by molar-refractivity contribution is 9.09. The molecule has 1 N–H and O–H groups in total. The van der Waals surface area contributed by atoms with E-state index in [1.54, 1.807) is 38.1 Å². The highest BCUT2D eigenvalue weighted by Gasteiger charge is 2.49. The molecule has 0 fully saturated rings.